The standard InChI is InChI=1S/C18H26NO7P/c1-5-25-27(22,26-6-2)16-14(18(21)24-4)13(17(20)23-3)15(19-16)12-10-8-7-9-11-12/h7-11,13-16,19H,5-6H2,1-4H3/t13-,14-,15+,16-/m0/s1. The van der Waals surface area contributed by atoms with Crippen LogP contribution in [0.25, 0.3) is 0 Å². The Balaban J connectivity index is 2.56. The predicted octanol–water partition coefficient (Wildman–Crippen LogP) is 2.50. The monoisotopic (exact) mass is 399 g/mol. The van der Waals surface area contributed by atoms with Crippen molar-refractivity contribution in [2.75, 3.05) is 27.4 Å². The fourth-order valence-corrected chi connectivity index (χ4v) is 5.59. The van der Waals surface area contributed by atoms with Crippen molar-refractivity contribution in [3.63, 3.8) is 0 Å². The Morgan fingerprint density at radius 3 is 1.96 bits per heavy atom. The van der Waals surface area contributed by atoms with E-state index in [4.69, 9.17) is 18.5 Å². The molecule has 1 aliphatic rings. The quantitative estimate of drug-likeness (QED) is 0.526. The zero-order chi connectivity index (χ0) is 20.0. The first-order valence-corrected chi connectivity index (χ1v) is 10.4. The van der Waals surface area contributed by atoms with Gasteiger partial charge in [0.15, 0.2) is 0 Å². The second-order valence-corrected chi connectivity index (χ2v) is 8.13. The van der Waals surface area contributed by atoms with Gasteiger partial charge in [0.2, 0.25) is 0 Å². The van der Waals surface area contributed by atoms with Crippen molar-refractivity contribution in [3.05, 3.63) is 35.9 Å². The number of hydrogen-bond donors (Lipinski definition) is 1. The topological polar surface area (TPSA) is 100 Å². The van der Waals surface area contributed by atoms with E-state index >= 15 is 0 Å². The lowest BCUT2D eigenvalue weighted by molar-refractivity contribution is -0.156. The number of ether oxygens (including phenoxy) is 2. The van der Waals surface area contributed by atoms with Crippen molar-refractivity contribution in [1.29, 1.82) is 0 Å². The highest BCUT2D eigenvalue weighted by Gasteiger charge is 2.59. The van der Waals surface area contributed by atoms with E-state index in [0.717, 1.165) is 5.56 Å². The van der Waals surface area contributed by atoms with Crippen LogP contribution in [0.4, 0.5) is 0 Å². The van der Waals surface area contributed by atoms with Gasteiger partial charge < -0.3 is 18.5 Å². The molecule has 0 aliphatic carbocycles. The van der Waals surface area contributed by atoms with Crippen LogP contribution >= 0.6 is 7.60 Å². The number of benzene rings is 1. The van der Waals surface area contributed by atoms with Crippen LogP contribution in [0.1, 0.15) is 25.5 Å². The third kappa shape index (κ3) is 4.41. The molecule has 1 aliphatic heterocycles. The Hall–Kier alpha value is -1.73. The van der Waals surface area contributed by atoms with Crippen LogP contribution in [-0.2, 0) is 32.7 Å². The van der Waals surface area contributed by atoms with E-state index in [1.54, 1.807) is 13.8 Å². The van der Waals surface area contributed by atoms with Crippen molar-refractivity contribution >= 4 is 19.5 Å². The average molecular weight is 399 g/mol. The number of esters is 2. The van der Waals surface area contributed by atoms with Crippen molar-refractivity contribution in [1.82, 2.24) is 5.32 Å². The molecule has 1 fully saturated rings. The van der Waals surface area contributed by atoms with Crippen LogP contribution in [0.2, 0.25) is 0 Å². The van der Waals surface area contributed by atoms with Crippen LogP contribution in [0.15, 0.2) is 30.3 Å². The lowest BCUT2D eigenvalue weighted by Gasteiger charge is -2.27. The highest BCUT2D eigenvalue weighted by Crippen LogP contribution is 2.60. The molecular formula is C18H26NO7P. The van der Waals surface area contributed by atoms with Crippen LogP contribution in [0.3, 0.4) is 0 Å². The Morgan fingerprint density at radius 1 is 0.963 bits per heavy atom. The van der Waals surface area contributed by atoms with Gasteiger partial charge in [0, 0.05) is 6.04 Å². The smallest absolute Gasteiger partial charge is 0.348 e. The fraction of sp³-hybridized carbons (Fsp3) is 0.556. The molecule has 150 valence electrons. The molecule has 8 nitrogen and oxygen atoms in total. The summed E-state index contributed by atoms with van der Waals surface area (Å²) >= 11 is 0. The van der Waals surface area contributed by atoms with Crippen LogP contribution in [-0.4, -0.2) is 45.2 Å². The van der Waals surface area contributed by atoms with E-state index < -0.39 is 43.2 Å². The first-order chi connectivity index (χ1) is 12.9. The second kappa shape index (κ2) is 9.46. The summed E-state index contributed by atoms with van der Waals surface area (Å²) in [5, 5.41) is 3.13. The molecule has 0 spiro atoms. The minimum atomic E-state index is -3.76. The molecule has 0 saturated carbocycles. The highest BCUT2D eigenvalue weighted by molar-refractivity contribution is 7.54. The molecule has 0 radical (unpaired) electrons. The summed E-state index contributed by atoms with van der Waals surface area (Å²) < 4.78 is 34.1. The molecule has 27 heavy (non-hydrogen) atoms. The molecule has 2 rings (SSSR count). The van der Waals surface area contributed by atoms with Gasteiger partial charge in [-0.2, -0.15) is 0 Å². The maximum Gasteiger partial charge on any atom is 0.348 e. The molecule has 1 saturated heterocycles. The lowest BCUT2D eigenvalue weighted by atomic mass is 9.87. The van der Waals surface area contributed by atoms with Crippen molar-refractivity contribution < 1.29 is 32.7 Å². The third-order valence-corrected chi connectivity index (χ3v) is 6.89. The Morgan fingerprint density at radius 2 is 1.48 bits per heavy atom. The van der Waals surface area contributed by atoms with Gasteiger partial charge in [-0.3, -0.25) is 19.5 Å². The van der Waals surface area contributed by atoms with E-state index in [2.05, 4.69) is 5.32 Å². The molecule has 9 heteroatoms. The maximum atomic E-state index is 13.4. The number of methoxy groups -OCH3 is 2. The molecule has 1 aromatic carbocycles. The van der Waals surface area contributed by atoms with Gasteiger partial charge in [-0.25, -0.2) is 0 Å². The third-order valence-electron chi connectivity index (χ3n) is 4.50. The van der Waals surface area contributed by atoms with E-state index in [1.807, 2.05) is 30.3 Å². The summed E-state index contributed by atoms with van der Waals surface area (Å²) in [5.74, 6) is -4.35. The molecule has 1 aromatic rings. The van der Waals surface area contributed by atoms with Gasteiger partial charge in [-0.15, -0.1) is 0 Å². The Kier molecular flexibility index (Phi) is 7.56. The first kappa shape index (κ1) is 21.6. The number of rotatable bonds is 8. The minimum absolute atomic E-state index is 0.127. The minimum Gasteiger partial charge on any atom is -0.469 e. The summed E-state index contributed by atoms with van der Waals surface area (Å²) in [4.78, 5) is 25.2. The Bertz CT molecular complexity index is 686. The van der Waals surface area contributed by atoms with Crippen LogP contribution < -0.4 is 5.32 Å². The van der Waals surface area contributed by atoms with Gasteiger partial charge in [-0.1, -0.05) is 30.3 Å². The van der Waals surface area contributed by atoms with E-state index in [-0.39, 0.29) is 13.2 Å². The van der Waals surface area contributed by atoms with Crippen molar-refractivity contribution in [2.24, 2.45) is 11.8 Å². The molecule has 0 unspecified atom stereocenters. The predicted molar refractivity (Wildman–Crippen MR) is 98.0 cm³/mol. The molecule has 1 N–H and O–H groups in total. The number of hydrogen-bond acceptors (Lipinski definition) is 8. The average Bonchev–Trinajstić information content (AvgIpc) is 3.09. The number of carbonyl (C=O) groups excluding carboxylic acids is 2. The fourth-order valence-electron chi connectivity index (χ4n) is 3.44. The zero-order valence-electron chi connectivity index (χ0n) is 15.9. The largest absolute Gasteiger partial charge is 0.469 e. The number of nitrogens with one attached hydrogen (secondary N) is 1. The zero-order valence-corrected chi connectivity index (χ0v) is 16.8. The molecule has 0 amide bonds. The summed E-state index contributed by atoms with van der Waals surface area (Å²) in [5.41, 5.74) is 0.754. The molecule has 0 aromatic heterocycles. The molecule has 1 heterocycles. The normalized spacial score (nSPS) is 25.2. The van der Waals surface area contributed by atoms with Crippen molar-refractivity contribution in [3.8, 4) is 0 Å². The Labute approximate surface area is 159 Å². The summed E-state index contributed by atoms with van der Waals surface area (Å²) in [6.45, 7) is 3.62. The van der Waals surface area contributed by atoms with Crippen LogP contribution in [0.5, 0.6) is 0 Å². The van der Waals surface area contributed by atoms with Gasteiger partial charge in [0.1, 0.15) is 5.78 Å². The van der Waals surface area contributed by atoms with E-state index in [9.17, 15) is 14.2 Å². The van der Waals surface area contributed by atoms with E-state index in [0.29, 0.717) is 0 Å². The summed E-state index contributed by atoms with van der Waals surface area (Å²) in [6.07, 6.45) is 0. The molecule has 0 bridgehead atoms. The number of carbonyl (C=O) groups is 2. The molecule has 4 atom stereocenters. The van der Waals surface area contributed by atoms with Gasteiger partial charge >= 0.3 is 19.5 Å². The lowest BCUT2D eigenvalue weighted by Crippen LogP contribution is -2.37. The summed E-state index contributed by atoms with van der Waals surface area (Å²) in [6, 6.07) is 8.49. The van der Waals surface area contributed by atoms with E-state index in [1.165, 1.54) is 14.2 Å². The second-order valence-electron chi connectivity index (χ2n) is 5.97. The van der Waals surface area contributed by atoms with Gasteiger partial charge in [0.25, 0.3) is 0 Å². The molecular weight excluding hydrogens is 373 g/mol. The first-order valence-electron chi connectivity index (χ1n) is 8.78. The van der Waals surface area contributed by atoms with Gasteiger partial charge in [0.05, 0.1) is 39.3 Å². The SMILES string of the molecule is CCOP(=O)(OCC)[C@@H]1N[C@H](c2ccccc2)[C@@H](C(=O)OC)[C@@H]1C(=O)OC. The van der Waals surface area contributed by atoms with Crippen molar-refractivity contribution in [2.45, 2.75) is 25.7 Å². The van der Waals surface area contributed by atoms with Crippen LogP contribution in [0, 0.1) is 11.8 Å². The van der Waals surface area contributed by atoms with Gasteiger partial charge in [-0.05, 0) is 19.4 Å². The highest BCUT2D eigenvalue weighted by atomic mass is 31.2. The summed E-state index contributed by atoms with van der Waals surface area (Å²) in [7, 11) is -1.29. The maximum absolute atomic E-state index is 13.4.